The molecule has 0 fully saturated rings. The smallest absolute Gasteiger partial charge is 0.223 e. The fourth-order valence-electron chi connectivity index (χ4n) is 3.01. The van der Waals surface area contributed by atoms with Crippen LogP contribution in [-0.4, -0.2) is 28.0 Å². The molecule has 2 aromatic rings. The molecule has 0 aliphatic heterocycles. The lowest BCUT2D eigenvalue weighted by molar-refractivity contribution is 0.556. The normalized spacial score (nSPS) is 14.0. The molecular weight excluding hydrogens is 382 g/mol. The molecule has 5 heteroatoms. The Morgan fingerprint density at radius 3 is 2.42 bits per heavy atom. The lowest BCUT2D eigenvalue weighted by Crippen LogP contribution is -2.23. The zero-order valence-corrected chi connectivity index (χ0v) is 20.0. The van der Waals surface area contributed by atoms with Crippen LogP contribution >= 0.6 is 0 Å². The first-order valence-electron chi connectivity index (χ1n) is 11.0. The van der Waals surface area contributed by atoms with Crippen LogP contribution in [0.1, 0.15) is 57.9 Å². The van der Waals surface area contributed by atoms with Crippen molar-refractivity contribution in [1.29, 1.82) is 0 Å². The van der Waals surface area contributed by atoms with Crippen molar-refractivity contribution in [3.63, 3.8) is 0 Å². The van der Waals surface area contributed by atoms with Gasteiger partial charge in [-0.25, -0.2) is 9.97 Å². The van der Waals surface area contributed by atoms with Crippen molar-refractivity contribution < 1.29 is 0 Å². The summed E-state index contributed by atoms with van der Waals surface area (Å²) in [5.74, 6) is 1.08. The first kappa shape index (κ1) is 24.2. The number of aryl methyl sites for hydroxylation is 1. The Kier molecular flexibility index (Phi) is 8.86. The molecule has 3 N–H and O–H groups in total. The molecule has 2 rings (SSSR count). The molecule has 0 saturated heterocycles. The molecule has 5 nitrogen and oxygen atoms in total. The van der Waals surface area contributed by atoms with Gasteiger partial charge in [-0.1, -0.05) is 62.2 Å². The average Bonchev–Trinajstić information content (AvgIpc) is 2.75. The van der Waals surface area contributed by atoms with E-state index in [-0.39, 0.29) is 6.04 Å². The molecule has 0 aliphatic carbocycles. The second kappa shape index (κ2) is 11.3. The third kappa shape index (κ3) is 6.71. The quantitative estimate of drug-likeness (QED) is 0.501. The van der Waals surface area contributed by atoms with Crippen LogP contribution in [-0.2, 0) is 0 Å². The number of aromatic nitrogens is 2. The fourth-order valence-corrected chi connectivity index (χ4v) is 3.01. The highest BCUT2D eigenvalue weighted by atomic mass is 15.2. The maximum atomic E-state index is 6.70. The predicted molar refractivity (Wildman–Crippen MR) is 133 cm³/mol. The highest BCUT2D eigenvalue weighted by molar-refractivity contribution is 5.87. The number of hydrogen-bond donors (Lipinski definition) is 2. The van der Waals surface area contributed by atoms with Gasteiger partial charge in [0.2, 0.25) is 5.95 Å². The molecule has 0 saturated carbocycles. The summed E-state index contributed by atoms with van der Waals surface area (Å²) in [6.07, 6.45) is 9.03. The van der Waals surface area contributed by atoms with Gasteiger partial charge in [0.05, 0.1) is 17.1 Å². The highest BCUT2D eigenvalue weighted by Crippen LogP contribution is 2.26. The molecule has 0 radical (unpaired) electrons. The number of rotatable bonds is 9. The average molecular weight is 420 g/mol. The van der Waals surface area contributed by atoms with E-state index in [4.69, 9.17) is 10.7 Å². The lowest BCUT2D eigenvalue weighted by atomic mass is 10.1. The van der Waals surface area contributed by atoms with Gasteiger partial charge < -0.3 is 16.0 Å². The first-order chi connectivity index (χ1) is 14.8. The second-order valence-electron chi connectivity index (χ2n) is 8.21. The van der Waals surface area contributed by atoms with Gasteiger partial charge in [-0.05, 0) is 50.8 Å². The second-order valence-corrected chi connectivity index (χ2v) is 8.21. The van der Waals surface area contributed by atoms with Crippen LogP contribution in [0.15, 0.2) is 60.5 Å². The van der Waals surface area contributed by atoms with E-state index in [2.05, 4.69) is 76.1 Å². The number of nitrogens with two attached hydrogens (primary N) is 1. The van der Waals surface area contributed by atoms with Crippen molar-refractivity contribution in [3.8, 4) is 0 Å². The molecule has 0 amide bonds. The van der Waals surface area contributed by atoms with Crippen LogP contribution < -0.4 is 11.1 Å². The Balaban J connectivity index is 2.54. The Bertz CT molecular complexity index is 939. The van der Waals surface area contributed by atoms with E-state index in [1.165, 1.54) is 11.1 Å². The molecule has 1 aromatic heterocycles. The van der Waals surface area contributed by atoms with Crippen molar-refractivity contribution >= 4 is 17.3 Å². The molecule has 166 valence electrons. The van der Waals surface area contributed by atoms with E-state index in [0.29, 0.717) is 17.6 Å². The molecule has 31 heavy (non-hydrogen) atoms. The van der Waals surface area contributed by atoms with E-state index >= 15 is 0 Å². The summed E-state index contributed by atoms with van der Waals surface area (Å²) in [5, 5.41) is 3.40. The first-order valence-corrected chi connectivity index (χ1v) is 11.0. The predicted octanol–water partition coefficient (Wildman–Crippen LogP) is 5.83. The van der Waals surface area contributed by atoms with E-state index in [1.54, 1.807) is 6.20 Å². The third-order valence-corrected chi connectivity index (χ3v) is 5.52. The molecule has 0 bridgehead atoms. The van der Waals surface area contributed by atoms with Gasteiger partial charge in [-0.15, -0.1) is 0 Å². The monoisotopic (exact) mass is 419 g/mol. The summed E-state index contributed by atoms with van der Waals surface area (Å²) in [6.45, 7) is 12.8. The van der Waals surface area contributed by atoms with Gasteiger partial charge in [0.15, 0.2) is 0 Å². The van der Waals surface area contributed by atoms with Crippen molar-refractivity contribution in [2.45, 2.75) is 54.0 Å². The Hall–Kier alpha value is -3.08. The van der Waals surface area contributed by atoms with Gasteiger partial charge in [-0.2, -0.15) is 0 Å². The topological polar surface area (TPSA) is 67.1 Å². The number of hydrogen-bond acceptors (Lipinski definition) is 5. The van der Waals surface area contributed by atoms with E-state index in [0.717, 1.165) is 23.4 Å². The van der Waals surface area contributed by atoms with Crippen molar-refractivity contribution in [2.75, 3.05) is 12.4 Å². The van der Waals surface area contributed by atoms with Crippen molar-refractivity contribution in [1.82, 2.24) is 14.9 Å². The zero-order valence-electron chi connectivity index (χ0n) is 20.0. The van der Waals surface area contributed by atoms with Crippen LogP contribution in [0.2, 0.25) is 0 Å². The van der Waals surface area contributed by atoms with Gasteiger partial charge in [-0.3, -0.25) is 0 Å². The van der Waals surface area contributed by atoms with E-state index < -0.39 is 0 Å². The number of nitrogens with one attached hydrogen (secondary N) is 1. The maximum Gasteiger partial charge on any atom is 0.223 e. The summed E-state index contributed by atoms with van der Waals surface area (Å²) < 4.78 is 0. The maximum absolute atomic E-state index is 6.70. The fraction of sp³-hybridized carbons (Fsp3) is 0.385. The molecule has 0 aliphatic rings. The van der Waals surface area contributed by atoms with Crippen LogP contribution in [0.5, 0.6) is 0 Å². The SMILES string of the molecule is C/C=C(\C=C/N(C)/C(=C(\N)c1ccc(C)cc1)c1ccnc(NC(C)C(C)C)n1)CC. The summed E-state index contributed by atoms with van der Waals surface area (Å²) in [6, 6.07) is 10.4. The highest BCUT2D eigenvalue weighted by Gasteiger charge is 2.16. The Labute approximate surface area is 187 Å². The van der Waals surface area contributed by atoms with Crippen LogP contribution in [0.4, 0.5) is 5.95 Å². The number of benzene rings is 1. The summed E-state index contributed by atoms with van der Waals surface area (Å²) in [7, 11) is 2.00. The third-order valence-electron chi connectivity index (χ3n) is 5.52. The lowest BCUT2D eigenvalue weighted by Gasteiger charge is -2.23. The largest absolute Gasteiger partial charge is 0.396 e. The summed E-state index contributed by atoms with van der Waals surface area (Å²) in [5.41, 5.74) is 12.4. The Morgan fingerprint density at radius 2 is 1.84 bits per heavy atom. The minimum Gasteiger partial charge on any atom is -0.396 e. The van der Waals surface area contributed by atoms with Crippen molar-refractivity contribution in [3.05, 3.63) is 77.3 Å². The van der Waals surface area contributed by atoms with E-state index in [9.17, 15) is 0 Å². The van der Waals surface area contributed by atoms with Crippen LogP contribution in [0.3, 0.4) is 0 Å². The molecule has 1 aromatic carbocycles. The summed E-state index contributed by atoms with van der Waals surface area (Å²) >= 11 is 0. The number of anilines is 1. The number of nitrogens with zero attached hydrogens (tertiary/aromatic N) is 3. The van der Waals surface area contributed by atoms with Crippen molar-refractivity contribution in [2.24, 2.45) is 11.7 Å². The van der Waals surface area contributed by atoms with Gasteiger partial charge >= 0.3 is 0 Å². The van der Waals surface area contributed by atoms with Crippen LogP contribution in [0.25, 0.3) is 11.4 Å². The minimum absolute atomic E-state index is 0.261. The van der Waals surface area contributed by atoms with Gasteiger partial charge in [0, 0.05) is 25.5 Å². The molecular formula is C26H37N5. The molecule has 1 atom stereocenters. The standard InChI is InChI=1S/C26H37N5/c1-8-21(9-2)15-17-31(7)25(24(27)22-12-10-19(5)11-13-22)23-14-16-28-26(30-23)29-20(6)18(3)4/h8,10-18,20H,9,27H2,1-7H3,(H,28,29,30)/b17-15-,21-8-,25-24-. The van der Waals surface area contributed by atoms with E-state index in [1.807, 2.05) is 36.3 Å². The number of allylic oxidation sites excluding steroid dienone is 3. The molecule has 1 heterocycles. The zero-order chi connectivity index (χ0) is 23.0. The summed E-state index contributed by atoms with van der Waals surface area (Å²) in [4.78, 5) is 11.2. The van der Waals surface area contributed by atoms with Crippen LogP contribution in [0, 0.1) is 12.8 Å². The minimum atomic E-state index is 0.261. The molecule has 1 unspecified atom stereocenters. The Morgan fingerprint density at radius 1 is 1.16 bits per heavy atom. The molecule has 0 spiro atoms. The van der Waals surface area contributed by atoms with Gasteiger partial charge in [0.1, 0.15) is 0 Å². The van der Waals surface area contributed by atoms with Gasteiger partial charge in [0.25, 0.3) is 0 Å².